The fourth-order valence-electron chi connectivity index (χ4n) is 5.01. The first-order valence-electron chi connectivity index (χ1n) is 20.9. The van der Waals surface area contributed by atoms with Gasteiger partial charge in [-0.15, -0.1) is 88.6 Å². The van der Waals surface area contributed by atoms with Gasteiger partial charge in [-0.2, -0.15) is 0 Å². The predicted octanol–water partition coefficient (Wildman–Crippen LogP) is -16.9. The molecule has 0 aliphatic carbocycles. The second-order valence-corrected chi connectivity index (χ2v) is 85.8. The second kappa shape index (κ2) is 118. The number of alkyl halides is 2. The Balaban J connectivity index is -0.0000000207. The maximum Gasteiger partial charge on any atom is 1.00 e. The molecule has 0 N–H and O–H groups in total. The standard InChI is InChI=1S/C7H16Cl2N.3C6H16Cl2NSi.C6H15N.CH4.2Cl3HSi.Cl2HISi.4ClH.HI3Si.I2.4HI.4Li/c1-4-10(5-2,6-3)7(8)9;3*1-4-9(5-2,6-3)10(7)8;1-4-7(5-2)6-3;;3*1-4(2)3;;;;;1-4(2)3;1-2;;;;;;;;/h7H,4-6H2,1-3H3;3*10H,4-6H2,1-3H3;4-6H2,1-3H3;1H4;3*4H;4*1H;4H;;4*1H;;;;/q4*+1;;;;;;;;;;;;;;;;4*+1/p-8. The molecule has 0 amide bonds. The normalized spacial score (nSPS) is 9.31. The van der Waals surface area contributed by atoms with Crippen LogP contribution in [0.15, 0.2) is 0 Å². The van der Waals surface area contributed by atoms with E-state index in [9.17, 15) is 0 Å². The topological polar surface area (TPSA) is 3.24 Å². The summed E-state index contributed by atoms with van der Waals surface area (Å²) in [4.78, 5) is 0.873. The van der Waals surface area contributed by atoms with E-state index >= 15 is 0 Å². The van der Waals surface area contributed by atoms with E-state index in [0.29, 0.717) is 0 Å². The monoisotopic (exact) mass is 2730 g/mol. The van der Waals surface area contributed by atoms with E-state index in [1.54, 1.807) is 0 Å². The van der Waals surface area contributed by atoms with Crippen molar-refractivity contribution in [2.45, 2.75) is 116 Å². The van der Waals surface area contributed by atoms with Gasteiger partial charge in [0.05, 0.1) is 78.5 Å². The van der Waals surface area contributed by atoms with Gasteiger partial charge >= 0.3 is 112 Å². The molecule has 0 atom stereocenters. The third-order valence-electron chi connectivity index (χ3n) is 10.6. The quantitative estimate of drug-likeness (QED) is 0.0311. The number of hydrogen-bond acceptors (Lipinski definition) is 1. The van der Waals surface area contributed by atoms with Gasteiger partial charge in [0.25, 0.3) is 4.91 Å². The van der Waals surface area contributed by atoms with Crippen molar-refractivity contribution in [1.29, 1.82) is 0 Å². The van der Waals surface area contributed by atoms with Crippen molar-refractivity contribution in [1.82, 2.24) is 4.90 Å². The van der Waals surface area contributed by atoms with Crippen LogP contribution in [-0.2, 0) is 0 Å². The predicted molar refractivity (Wildman–Crippen MR) is 399 cm³/mol. The number of quaternary nitrogens is 4. The van der Waals surface area contributed by atoms with E-state index < -0.39 is 41.1 Å². The molecule has 0 spiro atoms. The number of rotatable bonds is 19. The molecule has 0 aromatic rings. The number of halogens is 30. The van der Waals surface area contributed by atoms with E-state index in [2.05, 4.69) is 211 Å². The van der Waals surface area contributed by atoms with Crippen LogP contribution in [0.1, 0.15) is 111 Å². The van der Waals surface area contributed by atoms with Crippen LogP contribution in [0, 0.1) is 0 Å². The molecule has 0 saturated carbocycles. The Morgan fingerprint density at radius 3 is 0.449 bits per heavy atom. The Hall–Kier alpha value is 16.8. The molecular weight excluding hydrogens is 2660 g/mol. The summed E-state index contributed by atoms with van der Waals surface area (Å²) in [6, 6.07) is 0. The SMILES string of the molecule is C.CCN(CC)CC.CC[N+](CC)(CC)C(Cl)Cl.CC[N+](CC)(CC)[SiH](Cl)Cl.CC[N+](CC)(CC)[SiH](Cl)Cl.CC[N+](CC)(CC)[SiH](Cl)Cl.Cl[SiH](Cl)Cl.Cl[SiH](Cl)Cl.Cl[SiH](Cl)I.II.I[SiH](I)I.[Cl-].[Cl-].[Cl-].[Cl-].[I-].[I-].[I-].[I-].[Li+].[Li+].[Li+].[Li+]. The smallest absolute Gasteiger partial charge is 1.00 e. The first kappa shape index (κ1) is 162. The number of hydrogen-bond donors (Lipinski definition) is 0. The zero-order valence-corrected chi connectivity index (χ0v) is 92.6. The maximum atomic E-state index is 5.98. The van der Waals surface area contributed by atoms with E-state index in [4.69, 9.17) is 178 Å². The fourth-order valence-corrected chi connectivity index (χ4v) is 15.8. The zero-order chi connectivity index (χ0) is 54.8. The Kier molecular flexibility index (Phi) is 244. The molecule has 46 heteroatoms. The van der Waals surface area contributed by atoms with Crippen LogP contribution in [0.25, 0.3) is 0 Å². The van der Waals surface area contributed by atoms with Gasteiger partial charge < -0.3 is 163 Å². The van der Waals surface area contributed by atoms with Crippen molar-refractivity contribution >= 4 is 345 Å². The van der Waals surface area contributed by atoms with Crippen LogP contribution in [0.4, 0.5) is 0 Å². The van der Waals surface area contributed by atoms with Crippen molar-refractivity contribution in [3.8, 4) is 0 Å². The zero-order valence-electron chi connectivity index (χ0n) is 47.8. The van der Waals surface area contributed by atoms with E-state index in [-0.39, 0.29) is 235 Å². The summed E-state index contributed by atoms with van der Waals surface area (Å²) in [5, 5.41) is 0. The Morgan fingerprint density at radius 2 is 0.449 bits per heavy atom. The van der Waals surface area contributed by atoms with Gasteiger partial charge in [0.15, 0.2) is 0 Å². The van der Waals surface area contributed by atoms with Crippen molar-refractivity contribution in [3.63, 3.8) is 0 Å². The van der Waals surface area contributed by atoms with Crippen LogP contribution in [0.5, 0.6) is 0 Å². The summed E-state index contributed by atoms with van der Waals surface area (Å²) < 4.78 is 3.37. The molecule has 482 valence electrons. The average Bonchev–Trinajstić information content (AvgIpc) is 3.22. The van der Waals surface area contributed by atoms with Crippen molar-refractivity contribution in [2.75, 3.05) is 98.2 Å². The Morgan fingerprint density at radius 1 is 0.346 bits per heavy atom. The molecular formula is C32H87Cl20I10Li4N5Si7. The van der Waals surface area contributed by atoms with Gasteiger partial charge in [-0.1, -0.05) is 182 Å². The van der Waals surface area contributed by atoms with Gasteiger partial charge in [-0.3, -0.25) is 4.48 Å². The van der Waals surface area contributed by atoms with E-state index in [1.165, 1.54) is 19.6 Å². The van der Waals surface area contributed by atoms with Crippen LogP contribution in [0.3, 0.4) is 0 Å². The summed E-state index contributed by atoms with van der Waals surface area (Å²) in [5.74, 6) is 0. The molecule has 0 aliphatic rings. The summed E-state index contributed by atoms with van der Waals surface area (Å²) >= 11 is 101. The van der Waals surface area contributed by atoms with Crippen LogP contribution >= 0.6 is 303 Å². The molecule has 0 unspecified atom stereocenters. The Labute approximate surface area is 785 Å². The van der Waals surface area contributed by atoms with Crippen LogP contribution in [0.2, 0.25) is 0 Å². The van der Waals surface area contributed by atoms with Gasteiger partial charge in [0, 0.05) is 37.2 Å². The molecule has 0 aromatic carbocycles. The molecule has 5 nitrogen and oxygen atoms in total. The minimum atomic E-state index is -1.72. The maximum absolute atomic E-state index is 5.98. The molecule has 0 radical (unpaired) electrons. The van der Waals surface area contributed by atoms with Crippen LogP contribution < -0.4 is 221 Å². The van der Waals surface area contributed by atoms with Gasteiger partial charge in [0.2, 0.25) is 6.25 Å². The molecule has 0 aliphatic heterocycles. The van der Waals surface area contributed by atoms with E-state index in [0.717, 1.165) is 95.5 Å². The molecule has 0 aromatic heterocycles. The number of nitrogens with zero attached hydrogens (tertiary/aromatic N) is 5. The van der Waals surface area contributed by atoms with Gasteiger partial charge in [-0.25, -0.2) is 0 Å². The minimum Gasteiger partial charge on any atom is -1.00 e. The molecule has 0 bridgehead atoms. The van der Waals surface area contributed by atoms with Crippen molar-refractivity contribution in [2.24, 2.45) is 0 Å². The second-order valence-electron chi connectivity index (χ2n) is 12.4. The third kappa shape index (κ3) is 114. The third-order valence-corrected chi connectivity index (χ3v) is 24.6. The van der Waals surface area contributed by atoms with E-state index in [1.807, 2.05) is 21.8 Å². The molecule has 0 heterocycles. The van der Waals surface area contributed by atoms with Gasteiger partial charge in [-0.05, 0) is 126 Å². The first-order valence-corrected chi connectivity index (χ1v) is 70.7. The Bertz CT molecular complexity index is 756. The summed E-state index contributed by atoms with van der Waals surface area (Å²) in [6.07, 6.45) is 0. The fraction of sp³-hybridized carbons (Fsp3) is 1.00. The summed E-state index contributed by atoms with van der Waals surface area (Å²) in [6.45, 7) is 45.0. The van der Waals surface area contributed by atoms with Gasteiger partial charge in [0.1, 0.15) is 0 Å². The largest absolute Gasteiger partial charge is 1.00 e. The average molecular weight is 2740 g/mol. The molecule has 78 heavy (non-hydrogen) atoms. The van der Waals surface area contributed by atoms with Crippen LogP contribution in [-0.4, -0.2) is 167 Å². The molecule has 0 saturated heterocycles. The first-order chi connectivity index (χ1) is 29.8. The van der Waals surface area contributed by atoms with Crippen molar-refractivity contribution in [3.05, 3.63) is 0 Å². The molecule has 0 fully saturated rings. The van der Waals surface area contributed by atoms with Crippen molar-refractivity contribution < 1.29 is 238 Å². The minimum absolute atomic E-state index is 0. The summed E-state index contributed by atoms with van der Waals surface area (Å²) in [7, 11) is -4.62. The molecule has 0 rings (SSSR count). The summed E-state index contributed by atoms with van der Waals surface area (Å²) in [5.41, 5.74) is 0.